The van der Waals surface area contributed by atoms with Crippen LogP contribution in [0.2, 0.25) is 0 Å². The lowest BCUT2D eigenvalue weighted by Crippen LogP contribution is -2.49. The highest BCUT2D eigenvalue weighted by Crippen LogP contribution is 2.45. The summed E-state index contributed by atoms with van der Waals surface area (Å²) in [4.78, 5) is 70.9. The Hall–Kier alpha value is -6.03. The van der Waals surface area contributed by atoms with Gasteiger partial charge in [-0.1, -0.05) is 17.3 Å². The molecule has 2 unspecified atom stereocenters. The molecular formula is C45H53N11O5. The average Bonchev–Trinajstić information content (AvgIpc) is 4.09. The van der Waals surface area contributed by atoms with Crippen LogP contribution >= 0.6 is 0 Å². The third-order valence-electron chi connectivity index (χ3n) is 14.0. The molecule has 7 heterocycles. The van der Waals surface area contributed by atoms with Crippen molar-refractivity contribution in [2.75, 3.05) is 63.1 Å². The lowest BCUT2D eigenvalue weighted by molar-refractivity contribution is -0.134. The monoisotopic (exact) mass is 827 g/mol. The van der Waals surface area contributed by atoms with Gasteiger partial charge in [0, 0.05) is 69.0 Å². The van der Waals surface area contributed by atoms with Gasteiger partial charge in [-0.15, -0.1) is 0 Å². The smallest absolute Gasteiger partial charge is 0.320 e. The summed E-state index contributed by atoms with van der Waals surface area (Å²) >= 11 is 0. The fourth-order valence-corrected chi connectivity index (χ4v) is 10.8. The lowest BCUT2D eigenvalue weighted by Gasteiger charge is -2.37. The maximum Gasteiger partial charge on any atom is 0.320 e. The van der Waals surface area contributed by atoms with Crippen LogP contribution in [0.1, 0.15) is 103 Å². The van der Waals surface area contributed by atoms with Gasteiger partial charge in [0.2, 0.25) is 11.8 Å². The van der Waals surface area contributed by atoms with Crippen LogP contribution < -0.4 is 21.3 Å². The number of urea groups is 1. The number of likely N-dealkylation sites (tertiary alicyclic amines) is 1. The van der Waals surface area contributed by atoms with E-state index >= 15 is 0 Å². The molecule has 4 aliphatic heterocycles. The molecule has 0 radical (unpaired) electrons. The SMILES string of the molecule is CN1CCN([C@@H]2CCCN(c3cnc(C(N)=O)c(Nc4ccc(C5CCN(C[C@@H]6CCC(c7cc8onc(C9CCC(=O)NC9=O)c8c8cc[nH]c78)C6)CC5)cc4)n3)C2)C1=O. The van der Waals surface area contributed by atoms with Gasteiger partial charge in [-0.25, -0.2) is 14.8 Å². The van der Waals surface area contributed by atoms with Gasteiger partial charge in [0.25, 0.3) is 5.91 Å². The molecule has 2 aromatic carbocycles. The minimum Gasteiger partial charge on any atom is -0.364 e. The normalized spacial score (nSPS) is 24.3. The van der Waals surface area contributed by atoms with Gasteiger partial charge in [0.1, 0.15) is 11.5 Å². The number of hydrogen-bond acceptors (Lipinski definition) is 11. The molecule has 5 fully saturated rings. The first-order valence-electron chi connectivity index (χ1n) is 21.9. The van der Waals surface area contributed by atoms with Crippen molar-refractivity contribution in [3.8, 4) is 0 Å². The van der Waals surface area contributed by atoms with Crippen molar-refractivity contribution < 1.29 is 23.7 Å². The Labute approximate surface area is 353 Å². The van der Waals surface area contributed by atoms with Crippen LogP contribution in [-0.2, 0) is 9.59 Å². The van der Waals surface area contributed by atoms with Gasteiger partial charge >= 0.3 is 6.03 Å². The van der Waals surface area contributed by atoms with Crippen molar-refractivity contribution in [2.45, 2.75) is 81.6 Å². The van der Waals surface area contributed by atoms with E-state index in [0.717, 1.165) is 99.8 Å². The van der Waals surface area contributed by atoms with E-state index in [9.17, 15) is 19.2 Å². The topological polar surface area (TPSA) is 199 Å². The number of benzene rings is 2. The van der Waals surface area contributed by atoms with Gasteiger partial charge in [-0.05, 0) is 118 Å². The van der Waals surface area contributed by atoms with Gasteiger partial charge in [0.05, 0.1) is 23.5 Å². The summed E-state index contributed by atoms with van der Waals surface area (Å²) in [5.74, 6) is 0.777. The fraction of sp³-hybridized carbons (Fsp3) is 0.489. The number of hydrogen-bond donors (Lipinski definition) is 4. The Kier molecular flexibility index (Phi) is 10.3. The summed E-state index contributed by atoms with van der Waals surface area (Å²) < 4.78 is 5.87. The van der Waals surface area contributed by atoms with Gasteiger partial charge in [0.15, 0.2) is 17.1 Å². The second-order valence-electron chi connectivity index (χ2n) is 17.8. The highest BCUT2D eigenvalue weighted by molar-refractivity contribution is 6.10. The van der Waals surface area contributed by atoms with E-state index < -0.39 is 11.8 Å². The maximum absolute atomic E-state index is 12.7. The van der Waals surface area contributed by atoms with E-state index in [0.29, 0.717) is 60.1 Å². The first kappa shape index (κ1) is 39.1. The van der Waals surface area contributed by atoms with Crippen LogP contribution in [0.15, 0.2) is 53.3 Å². The molecule has 16 nitrogen and oxygen atoms in total. The molecular weight excluding hydrogens is 775 g/mol. The number of fused-ring (bicyclic) bond motifs is 3. The number of nitrogens with zero attached hydrogens (tertiary/aromatic N) is 7. The van der Waals surface area contributed by atoms with E-state index in [4.69, 9.17) is 15.2 Å². The zero-order valence-electron chi connectivity index (χ0n) is 34.6. The van der Waals surface area contributed by atoms with Crippen molar-refractivity contribution in [3.63, 3.8) is 0 Å². The third-order valence-corrected chi connectivity index (χ3v) is 14.0. The summed E-state index contributed by atoms with van der Waals surface area (Å²) in [6.45, 7) is 6.13. The zero-order chi connectivity index (χ0) is 41.8. The first-order chi connectivity index (χ1) is 29.7. The number of carbonyl (C=O) groups is 4. The molecule has 10 rings (SSSR count). The van der Waals surface area contributed by atoms with Crippen LogP contribution in [0, 0.1) is 5.92 Å². The molecule has 1 aliphatic carbocycles. The Bertz CT molecular complexity index is 2490. The summed E-state index contributed by atoms with van der Waals surface area (Å²) in [7, 11) is 1.84. The van der Waals surface area contributed by atoms with Crippen molar-refractivity contribution in [1.82, 2.24) is 40.1 Å². The Morgan fingerprint density at radius 3 is 2.57 bits per heavy atom. The number of nitrogens with one attached hydrogen (secondary N) is 3. The number of carbonyl (C=O) groups excluding carboxylic acids is 4. The Morgan fingerprint density at radius 2 is 1.80 bits per heavy atom. The Balaban J connectivity index is 0.746. The summed E-state index contributed by atoms with van der Waals surface area (Å²) in [6, 6.07) is 12.8. The molecule has 4 atom stereocenters. The van der Waals surface area contributed by atoms with Gasteiger partial charge < -0.3 is 40.2 Å². The van der Waals surface area contributed by atoms with E-state index in [-0.39, 0.29) is 29.6 Å². The highest BCUT2D eigenvalue weighted by Gasteiger charge is 2.37. The van der Waals surface area contributed by atoms with Crippen LogP contribution in [0.5, 0.6) is 0 Å². The molecule has 0 bridgehead atoms. The number of nitrogens with two attached hydrogens (primary N) is 1. The van der Waals surface area contributed by atoms with Gasteiger partial charge in [-0.2, -0.15) is 0 Å². The summed E-state index contributed by atoms with van der Waals surface area (Å²) in [5, 5.41) is 12.0. The molecule has 16 heteroatoms. The summed E-state index contributed by atoms with van der Waals surface area (Å²) in [6.07, 6.45) is 11.8. The fourth-order valence-electron chi connectivity index (χ4n) is 10.8. The predicted octanol–water partition coefficient (Wildman–Crippen LogP) is 5.56. The van der Waals surface area contributed by atoms with Crippen LogP contribution in [-0.4, -0.2) is 117 Å². The number of likely N-dealkylation sites (N-methyl/N-ethyl adjacent to an activating group) is 1. The second kappa shape index (κ2) is 16.1. The second-order valence-corrected chi connectivity index (χ2v) is 17.8. The maximum atomic E-state index is 12.7. The highest BCUT2D eigenvalue weighted by atomic mass is 16.5. The van der Waals surface area contributed by atoms with Crippen molar-refractivity contribution in [1.29, 1.82) is 0 Å². The lowest BCUT2D eigenvalue weighted by atomic mass is 9.88. The van der Waals surface area contributed by atoms with Crippen molar-refractivity contribution in [3.05, 3.63) is 71.3 Å². The molecule has 61 heavy (non-hydrogen) atoms. The molecule has 4 saturated heterocycles. The minimum absolute atomic E-state index is 0.0705. The minimum atomic E-state index is -0.645. The quantitative estimate of drug-likeness (QED) is 0.129. The molecule has 318 valence electrons. The van der Waals surface area contributed by atoms with E-state index in [1.54, 1.807) is 11.1 Å². The molecule has 1 saturated carbocycles. The first-order valence-corrected chi connectivity index (χ1v) is 21.9. The number of aromatic amines is 1. The Morgan fingerprint density at radius 1 is 0.967 bits per heavy atom. The molecule has 3 aromatic heterocycles. The van der Waals surface area contributed by atoms with E-state index in [1.807, 2.05) is 36.3 Å². The van der Waals surface area contributed by atoms with Crippen molar-refractivity contribution in [2.24, 2.45) is 11.7 Å². The average molecular weight is 828 g/mol. The summed E-state index contributed by atoms with van der Waals surface area (Å²) in [5.41, 5.74) is 11.6. The molecule has 5 aromatic rings. The van der Waals surface area contributed by atoms with Crippen LogP contribution in [0.25, 0.3) is 21.9 Å². The molecule has 0 spiro atoms. The number of imide groups is 1. The van der Waals surface area contributed by atoms with E-state index in [1.165, 1.54) is 17.5 Å². The van der Waals surface area contributed by atoms with Crippen molar-refractivity contribution >= 4 is 62.9 Å². The van der Waals surface area contributed by atoms with Crippen LogP contribution in [0.4, 0.5) is 22.1 Å². The molecule has 5 N–H and O–H groups in total. The largest absolute Gasteiger partial charge is 0.364 e. The number of rotatable bonds is 10. The van der Waals surface area contributed by atoms with Crippen LogP contribution in [0.3, 0.4) is 0 Å². The number of primary amides is 1. The number of H-pyrrole nitrogens is 1. The third kappa shape index (κ3) is 7.55. The number of piperidine rings is 3. The standard InChI is InChI=1S/C45H53N11O5/c1-53-19-20-56(45(53)60)31-3-2-16-55(25-31)36-23-48-41(42(46)58)43(50-36)49-30-8-6-27(7-9-30)28-13-17-54(18-14-28)24-26-4-5-29(21-26)34-22-35-38(32-12-15-47-39(32)34)40(52-61-35)33-10-11-37(57)51-44(33)59/h6-9,12,15,22-23,26,28-29,31,33,47H,2-5,10-11,13-14,16-21,24-25H2,1H3,(H2,46,58)(H,49,50)(H,51,57,59)/t26-,29?,31-,33?/m1/s1. The predicted molar refractivity (Wildman–Crippen MR) is 230 cm³/mol. The number of amides is 5. The van der Waals surface area contributed by atoms with Gasteiger partial charge in [-0.3, -0.25) is 19.7 Å². The number of anilines is 3. The molecule has 5 amide bonds. The van der Waals surface area contributed by atoms with E-state index in [2.05, 4.69) is 53.8 Å². The zero-order valence-corrected chi connectivity index (χ0v) is 34.6. The number of aromatic nitrogens is 4. The molecule has 5 aliphatic rings.